The van der Waals surface area contributed by atoms with Crippen molar-refractivity contribution in [3.8, 4) is 0 Å². The minimum Gasteiger partial charge on any atom is -0.394 e. The molecule has 0 bridgehead atoms. The third-order valence-corrected chi connectivity index (χ3v) is 5.65. The van der Waals surface area contributed by atoms with Crippen LogP contribution in [0.2, 0.25) is 0 Å². The molecule has 0 aromatic heterocycles. The maximum atomic E-state index is 12.2. The zero-order valence-electron chi connectivity index (χ0n) is 18.3. The number of rotatable bonds is 9. The number of hydrogen-bond acceptors (Lipinski definition) is 13. The van der Waals surface area contributed by atoms with Crippen LogP contribution in [0.4, 0.5) is 0 Å². The summed E-state index contributed by atoms with van der Waals surface area (Å²) in [5, 5.41) is 72.0. The molecule has 1 amide bonds. The van der Waals surface area contributed by atoms with Crippen LogP contribution >= 0.6 is 0 Å². The first-order valence-electron chi connectivity index (χ1n) is 10.6. The van der Waals surface area contributed by atoms with Gasteiger partial charge < -0.3 is 61.0 Å². The molecule has 192 valence electrons. The molecular formula is C19H34N2O12. The molecule has 0 radical (unpaired) electrons. The highest BCUT2D eigenvalue weighted by molar-refractivity contribution is 5.90. The molecule has 2 aliphatic heterocycles. The van der Waals surface area contributed by atoms with E-state index in [2.05, 4.69) is 5.32 Å². The Labute approximate surface area is 189 Å². The number of aliphatic hydroxyl groups excluding tert-OH is 7. The minimum absolute atomic E-state index is 0.337. The van der Waals surface area contributed by atoms with E-state index in [9.17, 15) is 45.3 Å². The quantitative estimate of drug-likeness (QED) is 0.149. The van der Waals surface area contributed by atoms with Crippen LogP contribution < -0.4 is 11.1 Å². The molecule has 11 atom stereocenters. The highest BCUT2D eigenvalue weighted by atomic mass is 16.7. The van der Waals surface area contributed by atoms with Gasteiger partial charge in [0.1, 0.15) is 48.8 Å². The first-order chi connectivity index (χ1) is 15.4. The summed E-state index contributed by atoms with van der Waals surface area (Å²) in [6.45, 7) is 1.80. The molecule has 14 nitrogen and oxygen atoms in total. The second kappa shape index (κ2) is 11.9. The van der Waals surface area contributed by atoms with Crippen molar-refractivity contribution in [3.05, 3.63) is 0 Å². The van der Waals surface area contributed by atoms with Crippen molar-refractivity contribution in [2.75, 3.05) is 13.2 Å². The van der Waals surface area contributed by atoms with Gasteiger partial charge in [0.25, 0.3) is 0 Å². The third kappa shape index (κ3) is 6.43. The Bertz CT molecular complexity index is 663. The van der Waals surface area contributed by atoms with Gasteiger partial charge in [-0.05, 0) is 0 Å². The van der Waals surface area contributed by atoms with Gasteiger partial charge in [-0.1, -0.05) is 13.8 Å². The fraction of sp³-hybridized carbons (Fsp3) is 0.895. The molecule has 0 aliphatic carbocycles. The summed E-state index contributed by atoms with van der Waals surface area (Å²) in [6.07, 6.45) is -16.3. The molecule has 0 saturated carbocycles. The summed E-state index contributed by atoms with van der Waals surface area (Å²) in [5.41, 5.74) is 5.71. The number of Topliss-reactive ketones (excluding diaryl/α,β-unsaturated/α-hetero) is 1. The molecule has 2 fully saturated rings. The van der Waals surface area contributed by atoms with E-state index in [0.717, 1.165) is 0 Å². The smallest absolute Gasteiger partial charge is 0.224 e. The van der Waals surface area contributed by atoms with Crippen molar-refractivity contribution in [1.29, 1.82) is 0 Å². The molecular weight excluding hydrogens is 448 g/mol. The molecule has 14 heteroatoms. The number of ketones is 1. The van der Waals surface area contributed by atoms with Gasteiger partial charge in [0.15, 0.2) is 18.3 Å². The Morgan fingerprint density at radius 3 is 2.06 bits per heavy atom. The number of amides is 1. The largest absolute Gasteiger partial charge is 0.394 e. The summed E-state index contributed by atoms with van der Waals surface area (Å²) in [4.78, 5) is 24.1. The summed E-state index contributed by atoms with van der Waals surface area (Å²) in [5.74, 6) is -1.46. The van der Waals surface area contributed by atoms with E-state index < -0.39 is 92.9 Å². The maximum absolute atomic E-state index is 12.2. The Hall–Kier alpha value is -1.30. The number of hydrogen-bond donors (Lipinski definition) is 9. The minimum atomic E-state index is -1.79. The Morgan fingerprint density at radius 1 is 0.909 bits per heavy atom. The Kier molecular flexibility index (Phi) is 10.1. The topological polar surface area (TPSA) is 241 Å². The van der Waals surface area contributed by atoms with E-state index in [-0.39, 0.29) is 11.7 Å². The van der Waals surface area contributed by atoms with E-state index in [4.69, 9.17) is 19.9 Å². The summed E-state index contributed by atoms with van der Waals surface area (Å²) < 4.78 is 16.1. The van der Waals surface area contributed by atoms with Crippen molar-refractivity contribution in [2.45, 2.75) is 87.7 Å². The van der Waals surface area contributed by atoms with E-state index in [1.54, 1.807) is 13.8 Å². The summed E-state index contributed by atoms with van der Waals surface area (Å²) in [7, 11) is 0. The Balaban J connectivity index is 2.05. The number of nitrogens with two attached hydrogens (primary N) is 1. The van der Waals surface area contributed by atoms with Crippen LogP contribution in [-0.4, -0.2) is 128 Å². The molecule has 2 saturated heterocycles. The second-order valence-electron chi connectivity index (χ2n) is 8.49. The number of aliphatic hydroxyl groups is 7. The van der Waals surface area contributed by atoms with Crippen LogP contribution in [0.1, 0.15) is 20.3 Å². The molecule has 10 N–H and O–H groups in total. The zero-order valence-corrected chi connectivity index (χ0v) is 18.3. The van der Waals surface area contributed by atoms with Gasteiger partial charge in [0, 0.05) is 12.3 Å². The number of ether oxygens (including phenoxy) is 3. The molecule has 0 aromatic carbocycles. The number of nitrogens with one attached hydrogen (secondary N) is 1. The molecule has 5 unspecified atom stereocenters. The first kappa shape index (κ1) is 27.9. The van der Waals surface area contributed by atoms with Gasteiger partial charge in [-0.25, -0.2) is 0 Å². The maximum Gasteiger partial charge on any atom is 0.224 e. The average molecular weight is 482 g/mol. The highest BCUT2D eigenvalue weighted by Gasteiger charge is 2.50. The predicted molar refractivity (Wildman–Crippen MR) is 107 cm³/mol. The standard InChI is InChI=1S/C19H34N2O12/c1-6(2)11(25)7(20)3-10(24)21-18-15(29)14(28)17(9(5-23)31-18)33-19-16(30)13(27)12(26)8(4-22)32-19/h6-9,12-19,22-23,26-30H,3-5,20H2,1-2H3,(H,21,24)/t7?,8?,9?,12-,13-,14+,15?,16?,17+,18+,19-/m0/s1. The van der Waals surface area contributed by atoms with Gasteiger partial charge >= 0.3 is 0 Å². The van der Waals surface area contributed by atoms with E-state index >= 15 is 0 Å². The normalized spacial score (nSPS) is 40.5. The SMILES string of the molecule is CC(C)C(=O)C(N)CC(=O)N[C@@H]1OC(CO)[C@@H](O[C@@H]2OC(CO)[C@H](O)[C@H](O)C2O)[C@H](O)C1O. The fourth-order valence-corrected chi connectivity index (χ4v) is 3.65. The lowest BCUT2D eigenvalue weighted by atomic mass is 9.96. The molecule has 0 aromatic rings. The molecule has 2 aliphatic rings. The third-order valence-electron chi connectivity index (χ3n) is 5.65. The average Bonchev–Trinajstić information content (AvgIpc) is 2.77. The molecule has 33 heavy (non-hydrogen) atoms. The molecule has 2 rings (SSSR count). The molecule has 2 heterocycles. The van der Waals surface area contributed by atoms with E-state index in [0.29, 0.717) is 0 Å². The van der Waals surface area contributed by atoms with Crippen molar-refractivity contribution >= 4 is 11.7 Å². The lowest BCUT2D eigenvalue weighted by molar-refractivity contribution is -0.343. The van der Waals surface area contributed by atoms with Crippen molar-refractivity contribution in [3.63, 3.8) is 0 Å². The lowest BCUT2D eigenvalue weighted by Crippen LogP contribution is -2.66. The van der Waals surface area contributed by atoms with Gasteiger partial charge in [-0.2, -0.15) is 0 Å². The summed E-state index contributed by atoms with van der Waals surface area (Å²) in [6, 6.07) is -1.08. The fourth-order valence-electron chi connectivity index (χ4n) is 3.65. The van der Waals surface area contributed by atoms with Crippen LogP contribution in [0.3, 0.4) is 0 Å². The predicted octanol–water partition coefficient (Wildman–Crippen LogP) is -5.33. The van der Waals surface area contributed by atoms with Crippen LogP contribution in [0, 0.1) is 5.92 Å². The van der Waals surface area contributed by atoms with Crippen molar-refractivity contribution in [2.24, 2.45) is 11.7 Å². The lowest BCUT2D eigenvalue weighted by Gasteiger charge is -2.46. The van der Waals surface area contributed by atoms with Crippen LogP contribution in [0.25, 0.3) is 0 Å². The number of carbonyl (C=O) groups excluding carboxylic acids is 2. The second-order valence-corrected chi connectivity index (χ2v) is 8.49. The Morgan fingerprint density at radius 2 is 1.52 bits per heavy atom. The van der Waals surface area contributed by atoms with Gasteiger partial charge in [0.05, 0.1) is 19.3 Å². The van der Waals surface area contributed by atoms with Crippen molar-refractivity contribution in [1.82, 2.24) is 5.32 Å². The first-order valence-corrected chi connectivity index (χ1v) is 10.6. The van der Waals surface area contributed by atoms with Crippen LogP contribution in [0.15, 0.2) is 0 Å². The highest BCUT2D eigenvalue weighted by Crippen LogP contribution is 2.28. The van der Waals surface area contributed by atoms with Crippen molar-refractivity contribution < 1.29 is 59.5 Å². The van der Waals surface area contributed by atoms with Gasteiger partial charge in [0.2, 0.25) is 5.91 Å². The van der Waals surface area contributed by atoms with E-state index in [1.807, 2.05) is 0 Å². The van der Waals surface area contributed by atoms with Crippen LogP contribution in [0.5, 0.6) is 0 Å². The summed E-state index contributed by atoms with van der Waals surface area (Å²) >= 11 is 0. The monoisotopic (exact) mass is 482 g/mol. The van der Waals surface area contributed by atoms with Gasteiger partial charge in [-0.3, -0.25) is 9.59 Å². The van der Waals surface area contributed by atoms with Gasteiger partial charge in [-0.15, -0.1) is 0 Å². The molecule has 0 spiro atoms. The van der Waals surface area contributed by atoms with E-state index in [1.165, 1.54) is 0 Å². The number of carbonyl (C=O) groups is 2. The zero-order chi connectivity index (χ0) is 25.0. The van der Waals surface area contributed by atoms with Crippen LogP contribution in [-0.2, 0) is 23.8 Å².